The van der Waals surface area contributed by atoms with Crippen molar-refractivity contribution in [3.8, 4) is 22.3 Å². The van der Waals surface area contributed by atoms with Gasteiger partial charge in [0.1, 0.15) is 11.2 Å². The predicted octanol–water partition coefficient (Wildman–Crippen LogP) is 15.0. The lowest BCUT2D eigenvalue weighted by Gasteiger charge is -2.28. The molecular weight excluding hydrogens is 655 g/mol. The zero-order valence-corrected chi connectivity index (χ0v) is 29.4. The van der Waals surface area contributed by atoms with Crippen LogP contribution in [0.2, 0.25) is 0 Å². The van der Waals surface area contributed by atoms with E-state index in [0.717, 1.165) is 50.1 Å². The molecule has 1 heterocycles. The molecule has 0 amide bonds. The molecule has 10 aromatic carbocycles. The van der Waals surface area contributed by atoms with Gasteiger partial charge >= 0.3 is 0 Å². The van der Waals surface area contributed by atoms with Gasteiger partial charge in [-0.15, -0.1) is 0 Å². The molecule has 54 heavy (non-hydrogen) atoms. The molecule has 2 heteroatoms. The predicted molar refractivity (Wildman–Crippen MR) is 229 cm³/mol. The molecule has 0 aliphatic heterocycles. The third-order valence-corrected chi connectivity index (χ3v) is 11.0. The highest BCUT2D eigenvalue weighted by molar-refractivity contribution is 6.15. The Balaban J connectivity index is 1.05. The van der Waals surface area contributed by atoms with E-state index in [2.05, 4.69) is 193 Å². The fourth-order valence-corrected chi connectivity index (χ4v) is 8.41. The molecule has 0 spiro atoms. The van der Waals surface area contributed by atoms with E-state index in [1.165, 1.54) is 54.2 Å². The van der Waals surface area contributed by atoms with Gasteiger partial charge in [-0.05, 0) is 96.9 Å². The monoisotopic (exact) mass is 687 g/mol. The fourth-order valence-electron chi connectivity index (χ4n) is 8.41. The van der Waals surface area contributed by atoms with Crippen molar-refractivity contribution in [3.63, 3.8) is 0 Å². The average Bonchev–Trinajstić information content (AvgIpc) is 3.63. The van der Waals surface area contributed by atoms with E-state index in [0.29, 0.717) is 0 Å². The summed E-state index contributed by atoms with van der Waals surface area (Å²) in [6.07, 6.45) is 0. The van der Waals surface area contributed by atoms with Crippen molar-refractivity contribution in [1.82, 2.24) is 0 Å². The number of rotatable bonds is 5. The third-order valence-electron chi connectivity index (χ3n) is 11.0. The largest absolute Gasteiger partial charge is 0.455 e. The molecule has 11 aromatic rings. The summed E-state index contributed by atoms with van der Waals surface area (Å²) in [5, 5.41) is 12.3. The molecule has 0 saturated carbocycles. The first-order valence-electron chi connectivity index (χ1n) is 18.5. The first kappa shape index (κ1) is 30.5. The maximum absolute atomic E-state index is 6.42. The van der Waals surface area contributed by atoms with Crippen LogP contribution in [0.1, 0.15) is 0 Å². The van der Waals surface area contributed by atoms with E-state index in [1.807, 2.05) is 12.1 Å². The minimum Gasteiger partial charge on any atom is -0.455 e. The molecular formula is C52H33NO. The van der Waals surface area contributed by atoms with Crippen LogP contribution in [0.4, 0.5) is 17.1 Å². The van der Waals surface area contributed by atoms with Gasteiger partial charge in [0.15, 0.2) is 0 Å². The van der Waals surface area contributed by atoms with Crippen molar-refractivity contribution in [2.24, 2.45) is 0 Å². The molecule has 11 rings (SSSR count). The van der Waals surface area contributed by atoms with Crippen molar-refractivity contribution < 1.29 is 4.42 Å². The van der Waals surface area contributed by atoms with E-state index in [9.17, 15) is 0 Å². The molecule has 0 saturated heterocycles. The number of hydrogen-bond acceptors (Lipinski definition) is 2. The van der Waals surface area contributed by atoms with Crippen molar-refractivity contribution >= 4 is 82.1 Å². The molecule has 1 aromatic heterocycles. The summed E-state index contributed by atoms with van der Waals surface area (Å²) in [6.45, 7) is 0. The molecule has 0 aliphatic carbocycles. The summed E-state index contributed by atoms with van der Waals surface area (Å²) in [4.78, 5) is 2.40. The maximum atomic E-state index is 6.42. The standard InChI is InChI=1S/C52H33NO/c1-3-12-42-35(10-1)20-21-39-32-37(26-31-44(39)42)34-22-27-40(28-23-34)53(50-33-38-11-2-4-13-43(38)46-14-5-6-15-47(46)50)41-29-24-36(25-30-41)45-17-9-18-49-48-16-7-8-19-51(48)54-52(45)49/h1-33H. The second-order valence-corrected chi connectivity index (χ2v) is 14.1. The number of benzene rings is 10. The Morgan fingerprint density at radius 3 is 1.63 bits per heavy atom. The molecule has 0 fully saturated rings. The lowest BCUT2D eigenvalue weighted by molar-refractivity contribution is 0.670. The highest BCUT2D eigenvalue weighted by atomic mass is 16.3. The Morgan fingerprint density at radius 2 is 0.852 bits per heavy atom. The summed E-state index contributed by atoms with van der Waals surface area (Å²) in [7, 11) is 0. The summed E-state index contributed by atoms with van der Waals surface area (Å²) in [5.74, 6) is 0. The van der Waals surface area contributed by atoms with Gasteiger partial charge in [-0.1, -0.05) is 158 Å². The van der Waals surface area contributed by atoms with Gasteiger partial charge in [-0.25, -0.2) is 0 Å². The topological polar surface area (TPSA) is 16.4 Å². The van der Waals surface area contributed by atoms with Crippen LogP contribution in [0.5, 0.6) is 0 Å². The zero-order chi connectivity index (χ0) is 35.6. The Morgan fingerprint density at radius 1 is 0.315 bits per heavy atom. The second-order valence-electron chi connectivity index (χ2n) is 14.1. The van der Waals surface area contributed by atoms with Gasteiger partial charge in [0, 0.05) is 33.1 Å². The van der Waals surface area contributed by atoms with Gasteiger partial charge in [0.2, 0.25) is 0 Å². The Bertz CT molecular complexity index is 3210. The van der Waals surface area contributed by atoms with Crippen molar-refractivity contribution in [1.29, 1.82) is 0 Å². The third kappa shape index (κ3) is 4.88. The van der Waals surface area contributed by atoms with Crippen LogP contribution in [-0.4, -0.2) is 0 Å². The fraction of sp³-hybridized carbons (Fsp3) is 0. The molecule has 0 aliphatic rings. The Labute approximate surface area is 312 Å². The highest BCUT2D eigenvalue weighted by Crippen LogP contribution is 2.44. The van der Waals surface area contributed by atoms with E-state index >= 15 is 0 Å². The second kappa shape index (κ2) is 12.2. The lowest BCUT2D eigenvalue weighted by atomic mass is 9.97. The smallest absolute Gasteiger partial charge is 0.143 e. The molecule has 0 radical (unpaired) electrons. The first-order chi connectivity index (χ1) is 26.8. The van der Waals surface area contributed by atoms with Crippen LogP contribution in [0.15, 0.2) is 205 Å². The Kier molecular flexibility index (Phi) is 6.90. The molecule has 252 valence electrons. The van der Waals surface area contributed by atoms with E-state index < -0.39 is 0 Å². The van der Waals surface area contributed by atoms with Gasteiger partial charge in [0.25, 0.3) is 0 Å². The van der Waals surface area contributed by atoms with Crippen LogP contribution in [0.25, 0.3) is 87.3 Å². The van der Waals surface area contributed by atoms with Crippen LogP contribution in [0.3, 0.4) is 0 Å². The van der Waals surface area contributed by atoms with Crippen LogP contribution in [-0.2, 0) is 0 Å². The maximum Gasteiger partial charge on any atom is 0.143 e. The van der Waals surface area contributed by atoms with Gasteiger partial charge in [-0.3, -0.25) is 0 Å². The quantitative estimate of drug-likeness (QED) is 0.168. The number of furan rings is 1. The summed E-state index contributed by atoms with van der Waals surface area (Å²) >= 11 is 0. The number of nitrogens with zero attached hydrogens (tertiary/aromatic N) is 1. The highest BCUT2D eigenvalue weighted by Gasteiger charge is 2.19. The van der Waals surface area contributed by atoms with Gasteiger partial charge in [-0.2, -0.15) is 0 Å². The van der Waals surface area contributed by atoms with Gasteiger partial charge in [0.05, 0.1) is 5.69 Å². The molecule has 2 nitrogen and oxygen atoms in total. The van der Waals surface area contributed by atoms with E-state index in [-0.39, 0.29) is 0 Å². The molecule has 0 bridgehead atoms. The summed E-state index contributed by atoms with van der Waals surface area (Å²) in [6, 6.07) is 72.3. The number of fused-ring (bicyclic) bond motifs is 9. The minimum atomic E-state index is 0.909. The number of anilines is 3. The van der Waals surface area contributed by atoms with Crippen LogP contribution in [0, 0.1) is 0 Å². The summed E-state index contributed by atoms with van der Waals surface area (Å²) in [5.41, 5.74) is 9.74. The molecule has 0 atom stereocenters. The lowest BCUT2D eigenvalue weighted by Crippen LogP contribution is -2.10. The minimum absolute atomic E-state index is 0.909. The van der Waals surface area contributed by atoms with Crippen molar-refractivity contribution in [2.45, 2.75) is 0 Å². The number of para-hydroxylation sites is 2. The SMILES string of the molecule is c1ccc2c(c1)ccc1cc(-c3ccc(N(c4ccc(-c5cccc6c5oc5ccccc56)cc4)c4cc5ccccc5c5ccccc45)cc3)ccc12. The first-order valence-corrected chi connectivity index (χ1v) is 18.5. The zero-order valence-electron chi connectivity index (χ0n) is 29.4. The summed E-state index contributed by atoms with van der Waals surface area (Å²) < 4.78 is 6.42. The number of hydrogen-bond donors (Lipinski definition) is 0. The van der Waals surface area contributed by atoms with Crippen LogP contribution >= 0.6 is 0 Å². The van der Waals surface area contributed by atoms with E-state index in [1.54, 1.807) is 0 Å². The Hall–Kier alpha value is -7.16. The van der Waals surface area contributed by atoms with Gasteiger partial charge < -0.3 is 9.32 Å². The molecule has 0 unspecified atom stereocenters. The van der Waals surface area contributed by atoms with Crippen molar-refractivity contribution in [3.05, 3.63) is 200 Å². The average molecular weight is 688 g/mol. The molecule has 0 N–H and O–H groups in total. The van der Waals surface area contributed by atoms with Crippen LogP contribution < -0.4 is 4.90 Å². The normalized spacial score (nSPS) is 11.7. The van der Waals surface area contributed by atoms with Crippen molar-refractivity contribution in [2.75, 3.05) is 4.90 Å². The van der Waals surface area contributed by atoms with E-state index in [4.69, 9.17) is 4.42 Å².